The van der Waals surface area contributed by atoms with Crippen LogP contribution in [-0.4, -0.2) is 4.98 Å². The molecule has 2 aromatic heterocycles. The van der Waals surface area contributed by atoms with Crippen LogP contribution in [0.15, 0.2) is 71.4 Å². The van der Waals surface area contributed by atoms with Crippen molar-refractivity contribution in [2.75, 3.05) is 0 Å². The standard InChI is InChI=1S/C20H12N2S/c21-11-17-12-23-13-18(17)16-7-6-15-8-9-19(22-20(15)10-16)14-4-2-1-3-5-14/h1-10,12-13H. The number of fused-ring (bicyclic) bond motifs is 1. The summed E-state index contributed by atoms with van der Waals surface area (Å²) >= 11 is 1.55. The number of pyridine rings is 1. The fraction of sp³-hybridized carbons (Fsp3) is 0. The third-order valence-corrected chi connectivity index (χ3v) is 4.60. The maximum Gasteiger partial charge on any atom is 0.101 e. The van der Waals surface area contributed by atoms with E-state index in [2.05, 4.69) is 42.5 Å². The van der Waals surface area contributed by atoms with Crippen molar-refractivity contribution in [3.63, 3.8) is 0 Å². The SMILES string of the molecule is N#Cc1cscc1-c1ccc2ccc(-c3ccccc3)nc2c1. The Hall–Kier alpha value is -2.96. The van der Waals surface area contributed by atoms with Crippen LogP contribution in [0.25, 0.3) is 33.3 Å². The van der Waals surface area contributed by atoms with E-state index < -0.39 is 0 Å². The zero-order valence-corrected chi connectivity index (χ0v) is 13.0. The van der Waals surface area contributed by atoms with Gasteiger partial charge in [-0.15, -0.1) is 0 Å². The number of aromatic nitrogens is 1. The Labute approximate surface area is 138 Å². The van der Waals surface area contributed by atoms with Crippen molar-refractivity contribution in [3.8, 4) is 28.5 Å². The van der Waals surface area contributed by atoms with Gasteiger partial charge in [0.1, 0.15) is 6.07 Å². The van der Waals surface area contributed by atoms with Crippen LogP contribution in [0, 0.1) is 11.3 Å². The number of hydrogen-bond acceptors (Lipinski definition) is 3. The average molecular weight is 312 g/mol. The second kappa shape index (κ2) is 5.68. The summed E-state index contributed by atoms with van der Waals surface area (Å²) in [5, 5.41) is 14.2. The fourth-order valence-corrected chi connectivity index (χ4v) is 3.44. The molecule has 0 aliphatic heterocycles. The Morgan fingerprint density at radius 1 is 0.870 bits per heavy atom. The second-order valence-electron chi connectivity index (χ2n) is 5.28. The molecule has 2 aromatic carbocycles. The first-order valence-corrected chi connectivity index (χ1v) is 8.22. The number of benzene rings is 2. The van der Waals surface area contributed by atoms with Gasteiger partial charge in [0.15, 0.2) is 0 Å². The first-order valence-electron chi connectivity index (χ1n) is 7.28. The lowest BCUT2D eigenvalue weighted by Crippen LogP contribution is -1.86. The molecule has 0 bridgehead atoms. The molecular weight excluding hydrogens is 300 g/mol. The second-order valence-corrected chi connectivity index (χ2v) is 6.02. The summed E-state index contributed by atoms with van der Waals surface area (Å²) in [4.78, 5) is 4.79. The Kier molecular flexibility index (Phi) is 3.38. The first kappa shape index (κ1) is 13.7. The lowest BCUT2D eigenvalue weighted by molar-refractivity contribution is 1.40. The Morgan fingerprint density at radius 2 is 1.70 bits per heavy atom. The molecule has 0 unspecified atom stereocenters. The molecule has 4 rings (SSSR count). The van der Waals surface area contributed by atoms with Crippen molar-refractivity contribution >= 4 is 22.2 Å². The molecule has 108 valence electrons. The van der Waals surface area contributed by atoms with Gasteiger partial charge in [-0.05, 0) is 23.1 Å². The molecule has 2 nitrogen and oxygen atoms in total. The lowest BCUT2D eigenvalue weighted by Gasteiger charge is -2.05. The highest BCUT2D eigenvalue weighted by Crippen LogP contribution is 2.30. The highest BCUT2D eigenvalue weighted by molar-refractivity contribution is 7.08. The molecule has 0 spiro atoms. The lowest BCUT2D eigenvalue weighted by atomic mass is 10.0. The summed E-state index contributed by atoms with van der Waals surface area (Å²) in [6, 6.07) is 22.7. The average Bonchev–Trinajstić information content (AvgIpc) is 3.10. The summed E-state index contributed by atoms with van der Waals surface area (Å²) in [7, 11) is 0. The van der Waals surface area contributed by atoms with E-state index in [0.29, 0.717) is 5.56 Å². The number of nitriles is 1. The van der Waals surface area contributed by atoms with Crippen LogP contribution in [0.4, 0.5) is 0 Å². The minimum Gasteiger partial charge on any atom is -0.248 e. The predicted molar refractivity (Wildman–Crippen MR) is 95.2 cm³/mol. The van der Waals surface area contributed by atoms with Gasteiger partial charge in [-0.2, -0.15) is 16.6 Å². The summed E-state index contributed by atoms with van der Waals surface area (Å²) < 4.78 is 0. The highest BCUT2D eigenvalue weighted by Gasteiger charge is 2.08. The minimum atomic E-state index is 0.716. The maximum atomic E-state index is 9.22. The van der Waals surface area contributed by atoms with Crippen LogP contribution >= 0.6 is 11.3 Å². The normalized spacial score (nSPS) is 10.6. The first-order chi connectivity index (χ1) is 11.3. The van der Waals surface area contributed by atoms with Crippen LogP contribution in [0.3, 0.4) is 0 Å². The zero-order chi connectivity index (χ0) is 15.6. The van der Waals surface area contributed by atoms with Gasteiger partial charge in [-0.3, -0.25) is 0 Å². The van der Waals surface area contributed by atoms with E-state index in [4.69, 9.17) is 4.98 Å². The molecule has 0 fully saturated rings. The molecule has 0 radical (unpaired) electrons. The van der Waals surface area contributed by atoms with Gasteiger partial charge in [-0.25, -0.2) is 4.98 Å². The minimum absolute atomic E-state index is 0.716. The van der Waals surface area contributed by atoms with Gasteiger partial charge in [0, 0.05) is 21.9 Å². The molecule has 0 amide bonds. The van der Waals surface area contributed by atoms with E-state index in [1.165, 1.54) is 0 Å². The zero-order valence-electron chi connectivity index (χ0n) is 12.2. The number of hydrogen-bond donors (Lipinski definition) is 0. The molecule has 3 heteroatoms. The summed E-state index contributed by atoms with van der Waals surface area (Å²) in [6.07, 6.45) is 0. The third kappa shape index (κ3) is 2.50. The number of rotatable bonds is 2. The quantitative estimate of drug-likeness (QED) is 0.490. The fourth-order valence-electron chi connectivity index (χ4n) is 2.66. The molecule has 23 heavy (non-hydrogen) atoms. The van der Waals surface area contributed by atoms with Gasteiger partial charge in [0.05, 0.1) is 16.8 Å². The molecule has 0 saturated heterocycles. The smallest absolute Gasteiger partial charge is 0.101 e. The van der Waals surface area contributed by atoms with Crippen LogP contribution in [-0.2, 0) is 0 Å². The number of nitrogens with zero attached hydrogens (tertiary/aromatic N) is 2. The molecule has 2 heterocycles. The van der Waals surface area contributed by atoms with Crippen molar-refractivity contribution in [1.82, 2.24) is 4.98 Å². The van der Waals surface area contributed by atoms with Gasteiger partial charge in [-0.1, -0.05) is 48.5 Å². The predicted octanol–water partition coefficient (Wildman–Crippen LogP) is 5.50. The van der Waals surface area contributed by atoms with Crippen molar-refractivity contribution in [2.24, 2.45) is 0 Å². The Bertz CT molecular complexity index is 1030. The van der Waals surface area contributed by atoms with Gasteiger partial charge < -0.3 is 0 Å². The largest absolute Gasteiger partial charge is 0.248 e. The monoisotopic (exact) mass is 312 g/mol. The van der Waals surface area contributed by atoms with Crippen molar-refractivity contribution in [3.05, 3.63) is 77.0 Å². The molecular formula is C20H12N2S. The molecule has 0 aliphatic rings. The van der Waals surface area contributed by atoms with Gasteiger partial charge in [0.2, 0.25) is 0 Å². The van der Waals surface area contributed by atoms with E-state index in [0.717, 1.165) is 33.3 Å². The van der Waals surface area contributed by atoms with Crippen molar-refractivity contribution in [1.29, 1.82) is 5.26 Å². The summed E-state index contributed by atoms with van der Waals surface area (Å²) in [5.41, 5.74) is 5.74. The molecule has 0 aliphatic carbocycles. The Morgan fingerprint density at radius 3 is 2.52 bits per heavy atom. The van der Waals surface area contributed by atoms with E-state index >= 15 is 0 Å². The van der Waals surface area contributed by atoms with E-state index in [1.54, 1.807) is 11.3 Å². The third-order valence-electron chi connectivity index (χ3n) is 3.86. The van der Waals surface area contributed by atoms with E-state index in [9.17, 15) is 5.26 Å². The van der Waals surface area contributed by atoms with Gasteiger partial charge in [0.25, 0.3) is 0 Å². The van der Waals surface area contributed by atoms with Crippen LogP contribution in [0.1, 0.15) is 5.56 Å². The van der Waals surface area contributed by atoms with Crippen molar-refractivity contribution < 1.29 is 0 Å². The van der Waals surface area contributed by atoms with Gasteiger partial charge >= 0.3 is 0 Å². The molecule has 0 saturated carbocycles. The van der Waals surface area contributed by atoms with Crippen LogP contribution < -0.4 is 0 Å². The summed E-state index contributed by atoms with van der Waals surface area (Å²) in [6.45, 7) is 0. The highest BCUT2D eigenvalue weighted by atomic mass is 32.1. The molecule has 0 N–H and O–H groups in total. The van der Waals surface area contributed by atoms with Crippen LogP contribution in [0.2, 0.25) is 0 Å². The topological polar surface area (TPSA) is 36.7 Å². The maximum absolute atomic E-state index is 9.22. The molecule has 0 atom stereocenters. The number of thiophene rings is 1. The van der Waals surface area contributed by atoms with E-state index in [-0.39, 0.29) is 0 Å². The van der Waals surface area contributed by atoms with Crippen molar-refractivity contribution in [2.45, 2.75) is 0 Å². The molecule has 4 aromatic rings. The Balaban J connectivity index is 1.86. The van der Waals surface area contributed by atoms with Crippen LogP contribution in [0.5, 0.6) is 0 Å². The summed E-state index contributed by atoms with van der Waals surface area (Å²) in [5.74, 6) is 0. The van der Waals surface area contributed by atoms with E-state index in [1.807, 2.05) is 35.0 Å².